The summed E-state index contributed by atoms with van der Waals surface area (Å²) in [5.41, 5.74) is 7.28. The molecule has 5 heteroatoms. The predicted molar refractivity (Wildman–Crippen MR) is 72.2 cm³/mol. The van der Waals surface area contributed by atoms with E-state index in [0.29, 0.717) is 17.9 Å². The van der Waals surface area contributed by atoms with Crippen molar-refractivity contribution in [3.05, 3.63) is 53.9 Å². The molecular formula is C14H15F2N3. The third-order valence-corrected chi connectivity index (χ3v) is 2.76. The Labute approximate surface area is 110 Å². The Morgan fingerprint density at radius 2 is 2.11 bits per heavy atom. The molecule has 0 spiro atoms. The summed E-state index contributed by atoms with van der Waals surface area (Å²) >= 11 is 0. The lowest BCUT2D eigenvalue weighted by molar-refractivity contribution is 0.152. The van der Waals surface area contributed by atoms with Gasteiger partial charge in [0.1, 0.15) is 0 Å². The van der Waals surface area contributed by atoms with E-state index in [9.17, 15) is 8.78 Å². The molecule has 1 aromatic heterocycles. The number of pyridine rings is 1. The average molecular weight is 263 g/mol. The van der Waals surface area contributed by atoms with Gasteiger partial charge < -0.3 is 11.1 Å². The zero-order valence-electron chi connectivity index (χ0n) is 10.3. The monoisotopic (exact) mass is 263 g/mol. The van der Waals surface area contributed by atoms with Crippen LogP contribution in [-0.4, -0.2) is 11.5 Å². The van der Waals surface area contributed by atoms with E-state index in [1.165, 1.54) is 6.07 Å². The molecule has 0 aliphatic carbocycles. The SMILES string of the molecule is Nc1ccc(NCCc2cccnc2)c(C(F)F)c1. The number of anilines is 2. The van der Waals surface area contributed by atoms with Crippen LogP contribution in [0, 0.1) is 0 Å². The van der Waals surface area contributed by atoms with Crippen LogP contribution in [0.4, 0.5) is 20.2 Å². The molecule has 1 aromatic carbocycles. The third-order valence-electron chi connectivity index (χ3n) is 2.76. The second-order valence-electron chi connectivity index (χ2n) is 4.19. The molecule has 3 nitrogen and oxygen atoms in total. The topological polar surface area (TPSA) is 50.9 Å². The van der Waals surface area contributed by atoms with Gasteiger partial charge in [0.15, 0.2) is 0 Å². The highest BCUT2D eigenvalue weighted by atomic mass is 19.3. The summed E-state index contributed by atoms with van der Waals surface area (Å²) in [5, 5.41) is 3.01. The minimum absolute atomic E-state index is 0.0637. The maximum absolute atomic E-state index is 12.9. The first-order valence-electron chi connectivity index (χ1n) is 5.97. The Morgan fingerprint density at radius 1 is 1.26 bits per heavy atom. The van der Waals surface area contributed by atoms with Gasteiger partial charge in [-0.3, -0.25) is 4.98 Å². The molecule has 0 unspecified atom stereocenters. The molecule has 2 aromatic rings. The fourth-order valence-corrected chi connectivity index (χ4v) is 1.81. The highest BCUT2D eigenvalue weighted by Crippen LogP contribution is 2.28. The number of rotatable bonds is 5. The molecule has 0 aliphatic heterocycles. The van der Waals surface area contributed by atoms with Gasteiger partial charge in [-0.15, -0.1) is 0 Å². The zero-order valence-corrected chi connectivity index (χ0v) is 10.3. The maximum atomic E-state index is 12.9. The van der Waals surface area contributed by atoms with Crippen LogP contribution in [0.5, 0.6) is 0 Å². The number of nitrogen functional groups attached to an aromatic ring is 1. The van der Waals surface area contributed by atoms with Crippen molar-refractivity contribution in [3.8, 4) is 0 Å². The van der Waals surface area contributed by atoms with Gasteiger partial charge >= 0.3 is 0 Å². The van der Waals surface area contributed by atoms with Gasteiger partial charge in [0.05, 0.1) is 0 Å². The van der Waals surface area contributed by atoms with Crippen molar-refractivity contribution in [2.75, 3.05) is 17.6 Å². The number of nitrogens with one attached hydrogen (secondary N) is 1. The van der Waals surface area contributed by atoms with Gasteiger partial charge in [-0.25, -0.2) is 8.78 Å². The normalized spacial score (nSPS) is 10.7. The fraction of sp³-hybridized carbons (Fsp3) is 0.214. The number of benzene rings is 1. The molecule has 0 aliphatic rings. The van der Waals surface area contributed by atoms with Crippen molar-refractivity contribution in [2.45, 2.75) is 12.8 Å². The number of aromatic nitrogens is 1. The minimum Gasteiger partial charge on any atom is -0.399 e. The van der Waals surface area contributed by atoms with Crippen LogP contribution in [-0.2, 0) is 6.42 Å². The smallest absolute Gasteiger partial charge is 0.265 e. The lowest BCUT2D eigenvalue weighted by atomic mass is 10.1. The summed E-state index contributed by atoms with van der Waals surface area (Å²) in [4.78, 5) is 4.00. The molecule has 0 radical (unpaired) electrons. The van der Waals surface area contributed by atoms with Crippen molar-refractivity contribution < 1.29 is 8.78 Å². The quantitative estimate of drug-likeness (QED) is 0.814. The Balaban J connectivity index is 2.00. The summed E-state index contributed by atoms with van der Waals surface area (Å²) in [6, 6.07) is 8.30. The van der Waals surface area contributed by atoms with Gasteiger partial charge in [-0.05, 0) is 36.2 Å². The van der Waals surface area contributed by atoms with Gasteiger partial charge in [-0.2, -0.15) is 0 Å². The molecule has 0 bridgehead atoms. The lowest BCUT2D eigenvalue weighted by Crippen LogP contribution is -2.07. The number of halogens is 2. The van der Waals surface area contributed by atoms with E-state index in [2.05, 4.69) is 10.3 Å². The van der Waals surface area contributed by atoms with Crippen molar-refractivity contribution in [2.24, 2.45) is 0 Å². The first-order valence-corrected chi connectivity index (χ1v) is 5.97. The molecule has 3 N–H and O–H groups in total. The summed E-state index contributed by atoms with van der Waals surface area (Å²) < 4.78 is 25.7. The van der Waals surface area contributed by atoms with Gasteiger partial charge in [0.25, 0.3) is 6.43 Å². The molecule has 0 saturated heterocycles. The predicted octanol–water partition coefficient (Wildman–Crippen LogP) is 3.26. The highest BCUT2D eigenvalue weighted by Gasteiger charge is 2.12. The Morgan fingerprint density at radius 3 is 2.79 bits per heavy atom. The largest absolute Gasteiger partial charge is 0.399 e. The van der Waals surface area contributed by atoms with E-state index in [-0.39, 0.29) is 5.56 Å². The van der Waals surface area contributed by atoms with Crippen molar-refractivity contribution in [1.29, 1.82) is 0 Å². The number of hydrogen-bond donors (Lipinski definition) is 2. The van der Waals surface area contributed by atoms with E-state index < -0.39 is 6.43 Å². The van der Waals surface area contributed by atoms with Crippen molar-refractivity contribution in [3.63, 3.8) is 0 Å². The standard InChI is InChI=1S/C14H15F2N3/c15-14(16)12-8-11(17)3-4-13(12)19-7-5-10-2-1-6-18-9-10/h1-4,6,8-9,14,19H,5,7,17H2. The summed E-state index contributed by atoms with van der Waals surface area (Å²) in [7, 11) is 0. The van der Waals surface area contributed by atoms with E-state index in [1.54, 1.807) is 24.5 Å². The van der Waals surface area contributed by atoms with Crippen LogP contribution >= 0.6 is 0 Å². The van der Waals surface area contributed by atoms with Crippen LogP contribution in [0.2, 0.25) is 0 Å². The highest BCUT2D eigenvalue weighted by molar-refractivity contribution is 5.58. The molecular weight excluding hydrogens is 248 g/mol. The van der Waals surface area contributed by atoms with E-state index >= 15 is 0 Å². The van der Waals surface area contributed by atoms with Crippen LogP contribution < -0.4 is 11.1 Å². The first-order chi connectivity index (χ1) is 9.16. The van der Waals surface area contributed by atoms with Crippen molar-refractivity contribution >= 4 is 11.4 Å². The van der Waals surface area contributed by atoms with E-state index in [4.69, 9.17) is 5.73 Å². The van der Waals surface area contributed by atoms with Crippen molar-refractivity contribution in [1.82, 2.24) is 4.98 Å². The van der Waals surface area contributed by atoms with E-state index in [1.807, 2.05) is 12.1 Å². The molecule has 100 valence electrons. The number of nitrogens with zero attached hydrogens (tertiary/aromatic N) is 1. The Bertz CT molecular complexity index is 529. The van der Waals surface area contributed by atoms with Crippen LogP contribution in [0.15, 0.2) is 42.7 Å². The number of nitrogens with two attached hydrogens (primary N) is 1. The number of hydrogen-bond acceptors (Lipinski definition) is 3. The van der Waals surface area contributed by atoms with Crippen LogP contribution in [0.3, 0.4) is 0 Å². The molecule has 0 amide bonds. The lowest BCUT2D eigenvalue weighted by Gasteiger charge is -2.12. The second-order valence-corrected chi connectivity index (χ2v) is 4.19. The van der Waals surface area contributed by atoms with Gasteiger partial charge in [0.2, 0.25) is 0 Å². The summed E-state index contributed by atoms with van der Waals surface area (Å²) in [6.45, 7) is 0.565. The Kier molecular flexibility index (Phi) is 4.28. The van der Waals surface area contributed by atoms with Gasteiger partial charge in [0, 0.05) is 35.9 Å². The van der Waals surface area contributed by atoms with E-state index in [0.717, 1.165) is 12.0 Å². The minimum atomic E-state index is -2.54. The zero-order chi connectivity index (χ0) is 13.7. The van der Waals surface area contributed by atoms with Crippen LogP contribution in [0.25, 0.3) is 0 Å². The number of alkyl halides is 2. The molecule has 0 saturated carbocycles. The van der Waals surface area contributed by atoms with Crippen LogP contribution in [0.1, 0.15) is 17.6 Å². The average Bonchev–Trinajstić information content (AvgIpc) is 2.41. The molecule has 0 atom stereocenters. The summed E-state index contributed by atoms with van der Waals surface area (Å²) in [6.07, 6.45) is 1.65. The molecule has 0 fully saturated rings. The second kappa shape index (κ2) is 6.13. The first kappa shape index (κ1) is 13.3. The molecule has 2 rings (SSSR count). The summed E-state index contributed by atoms with van der Waals surface area (Å²) in [5.74, 6) is 0. The van der Waals surface area contributed by atoms with Gasteiger partial charge in [-0.1, -0.05) is 6.07 Å². The molecule has 1 heterocycles. The molecule has 19 heavy (non-hydrogen) atoms. The Hall–Kier alpha value is -2.17. The maximum Gasteiger partial charge on any atom is 0.265 e. The third kappa shape index (κ3) is 3.64. The fourth-order valence-electron chi connectivity index (χ4n) is 1.81.